The molecule has 0 fully saturated rings. The zero-order valence-electron chi connectivity index (χ0n) is 13.4. The van der Waals surface area contributed by atoms with Crippen LogP contribution in [0.4, 0.5) is 4.39 Å². The maximum atomic E-state index is 13.0. The van der Waals surface area contributed by atoms with Crippen LogP contribution in [0.5, 0.6) is 0 Å². The number of carbonyl (C=O) groups is 2. The molecule has 0 radical (unpaired) electrons. The summed E-state index contributed by atoms with van der Waals surface area (Å²) in [4.78, 5) is 23.5. The summed E-state index contributed by atoms with van der Waals surface area (Å²) in [5, 5.41) is 12.0. The number of hydrogen-bond acceptors (Lipinski definition) is 2. The Bertz CT molecular complexity index is 686. The Morgan fingerprint density at radius 1 is 1.04 bits per heavy atom. The van der Waals surface area contributed by atoms with Crippen molar-refractivity contribution in [1.29, 1.82) is 0 Å². The van der Waals surface area contributed by atoms with Gasteiger partial charge >= 0.3 is 5.97 Å². The lowest BCUT2D eigenvalue weighted by Gasteiger charge is -2.16. The molecule has 2 aromatic carbocycles. The molecule has 1 amide bonds. The van der Waals surface area contributed by atoms with E-state index in [0.717, 1.165) is 5.56 Å². The van der Waals surface area contributed by atoms with Crippen LogP contribution in [0.3, 0.4) is 0 Å². The average Bonchev–Trinajstić information content (AvgIpc) is 2.57. The van der Waals surface area contributed by atoms with Crippen LogP contribution in [0.15, 0.2) is 54.6 Å². The number of hydrogen-bond donors (Lipinski definition) is 2. The fraction of sp³-hybridized carbons (Fsp3) is 0.263. The summed E-state index contributed by atoms with van der Waals surface area (Å²) in [5.74, 6) is -2.55. The first kappa shape index (κ1) is 17.7. The molecule has 0 aliphatic rings. The van der Waals surface area contributed by atoms with Gasteiger partial charge in [0.25, 0.3) is 0 Å². The van der Waals surface area contributed by atoms with E-state index in [1.165, 1.54) is 24.3 Å². The summed E-state index contributed by atoms with van der Waals surface area (Å²) in [5.41, 5.74) is 1.52. The molecule has 4 nitrogen and oxygen atoms in total. The van der Waals surface area contributed by atoms with Gasteiger partial charge in [-0.05, 0) is 29.2 Å². The van der Waals surface area contributed by atoms with Gasteiger partial charge in [0.1, 0.15) is 5.82 Å². The first-order chi connectivity index (χ1) is 11.5. The topological polar surface area (TPSA) is 66.4 Å². The van der Waals surface area contributed by atoms with E-state index in [4.69, 9.17) is 0 Å². The van der Waals surface area contributed by atoms with E-state index >= 15 is 0 Å². The summed E-state index contributed by atoms with van der Waals surface area (Å²) in [6.45, 7) is 1.92. The van der Waals surface area contributed by atoms with Crippen LogP contribution in [0.1, 0.15) is 36.3 Å². The molecule has 5 heteroatoms. The van der Waals surface area contributed by atoms with Gasteiger partial charge in [0.15, 0.2) is 0 Å². The molecule has 0 aliphatic heterocycles. The van der Waals surface area contributed by atoms with Gasteiger partial charge in [0.2, 0.25) is 5.91 Å². The van der Waals surface area contributed by atoms with E-state index in [0.29, 0.717) is 5.56 Å². The number of carboxylic acid groups (broad SMARTS) is 1. The standard InChI is InChI=1S/C19H20FNO3/c1-13(14-5-3-2-4-6-14)11-18(22)21-12-17(19(23)24)15-7-9-16(20)10-8-15/h2-10,13,17H,11-12H2,1H3,(H,21,22)(H,23,24). The molecule has 0 heterocycles. The summed E-state index contributed by atoms with van der Waals surface area (Å²) in [7, 11) is 0. The molecule has 2 aromatic rings. The lowest BCUT2D eigenvalue weighted by atomic mass is 9.96. The second-order valence-electron chi connectivity index (χ2n) is 5.76. The van der Waals surface area contributed by atoms with Crippen LogP contribution in [0, 0.1) is 5.82 Å². The van der Waals surface area contributed by atoms with Crippen molar-refractivity contribution >= 4 is 11.9 Å². The monoisotopic (exact) mass is 329 g/mol. The Morgan fingerprint density at radius 3 is 2.25 bits per heavy atom. The molecule has 2 rings (SSSR count). The van der Waals surface area contributed by atoms with Crippen LogP contribution in [0.2, 0.25) is 0 Å². The highest BCUT2D eigenvalue weighted by molar-refractivity contribution is 5.80. The van der Waals surface area contributed by atoms with Gasteiger partial charge in [0.05, 0.1) is 5.92 Å². The molecule has 0 aliphatic carbocycles. The number of carbonyl (C=O) groups excluding carboxylic acids is 1. The largest absolute Gasteiger partial charge is 0.481 e. The molecule has 0 spiro atoms. The molecule has 24 heavy (non-hydrogen) atoms. The van der Waals surface area contributed by atoms with E-state index in [-0.39, 0.29) is 24.8 Å². The molecular formula is C19H20FNO3. The summed E-state index contributed by atoms with van der Waals surface area (Å²) in [6, 6.07) is 14.9. The Morgan fingerprint density at radius 2 is 1.67 bits per heavy atom. The molecule has 0 saturated heterocycles. The van der Waals surface area contributed by atoms with Crippen molar-refractivity contribution in [2.45, 2.75) is 25.2 Å². The van der Waals surface area contributed by atoms with Crippen molar-refractivity contribution in [3.63, 3.8) is 0 Å². The molecule has 2 unspecified atom stereocenters. The highest BCUT2D eigenvalue weighted by Crippen LogP contribution is 2.19. The smallest absolute Gasteiger partial charge is 0.312 e. The minimum atomic E-state index is -1.06. The van der Waals surface area contributed by atoms with E-state index in [2.05, 4.69) is 5.32 Å². The number of carboxylic acids is 1. The van der Waals surface area contributed by atoms with Gasteiger partial charge < -0.3 is 10.4 Å². The first-order valence-corrected chi connectivity index (χ1v) is 7.77. The number of amides is 1. The van der Waals surface area contributed by atoms with Crippen LogP contribution in [-0.2, 0) is 9.59 Å². The molecule has 126 valence electrons. The summed E-state index contributed by atoms with van der Waals surface area (Å²) in [6.07, 6.45) is 0.278. The highest BCUT2D eigenvalue weighted by Gasteiger charge is 2.21. The van der Waals surface area contributed by atoms with Crippen molar-refractivity contribution in [1.82, 2.24) is 5.32 Å². The van der Waals surface area contributed by atoms with E-state index < -0.39 is 17.7 Å². The minimum absolute atomic E-state index is 0.0265. The lowest BCUT2D eigenvalue weighted by Crippen LogP contribution is -2.32. The van der Waals surface area contributed by atoms with Gasteiger partial charge in [-0.3, -0.25) is 9.59 Å². The minimum Gasteiger partial charge on any atom is -0.481 e. The third kappa shape index (κ3) is 4.91. The van der Waals surface area contributed by atoms with Gasteiger partial charge in [0, 0.05) is 13.0 Å². The Hall–Kier alpha value is -2.69. The van der Waals surface area contributed by atoms with Crippen molar-refractivity contribution in [2.24, 2.45) is 0 Å². The first-order valence-electron chi connectivity index (χ1n) is 7.77. The third-order valence-electron chi connectivity index (χ3n) is 3.93. The van der Waals surface area contributed by atoms with Crippen molar-refractivity contribution < 1.29 is 19.1 Å². The average molecular weight is 329 g/mol. The highest BCUT2D eigenvalue weighted by atomic mass is 19.1. The number of nitrogens with one attached hydrogen (secondary N) is 1. The van der Waals surface area contributed by atoms with Crippen LogP contribution < -0.4 is 5.32 Å². The summed E-state index contributed by atoms with van der Waals surface area (Å²) < 4.78 is 13.0. The SMILES string of the molecule is CC(CC(=O)NCC(C(=O)O)c1ccc(F)cc1)c1ccccc1. The Labute approximate surface area is 140 Å². The number of rotatable bonds is 7. The second-order valence-corrected chi connectivity index (χ2v) is 5.76. The molecule has 2 N–H and O–H groups in total. The summed E-state index contributed by atoms with van der Waals surface area (Å²) >= 11 is 0. The number of aliphatic carboxylic acids is 1. The van der Waals surface area contributed by atoms with Crippen molar-refractivity contribution in [3.8, 4) is 0 Å². The van der Waals surface area contributed by atoms with E-state index in [1.807, 2.05) is 37.3 Å². The molecule has 0 aromatic heterocycles. The number of benzene rings is 2. The van der Waals surface area contributed by atoms with Crippen molar-refractivity contribution in [3.05, 3.63) is 71.5 Å². The Balaban J connectivity index is 1.93. The van der Waals surface area contributed by atoms with Gasteiger partial charge in [-0.2, -0.15) is 0 Å². The normalized spacial score (nSPS) is 13.1. The van der Waals surface area contributed by atoms with Crippen molar-refractivity contribution in [2.75, 3.05) is 6.54 Å². The maximum Gasteiger partial charge on any atom is 0.312 e. The third-order valence-corrected chi connectivity index (χ3v) is 3.93. The zero-order chi connectivity index (χ0) is 17.5. The lowest BCUT2D eigenvalue weighted by molar-refractivity contribution is -0.138. The fourth-order valence-corrected chi connectivity index (χ4v) is 2.51. The predicted octanol–water partition coefficient (Wildman–Crippen LogP) is 3.30. The molecule has 0 bridgehead atoms. The molecular weight excluding hydrogens is 309 g/mol. The quantitative estimate of drug-likeness (QED) is 0.819. The van der Waals surface area contributed by atoms with Crippen LogP contribution >= 0.6 is 0 Å². The molecule has 0 saturated carbocycles. The Kier molecular flexibility index (Phi) is 6.07. The fourth-order valence-electron chi connectivity index (χ4n) is 2.51. The van der Waals surface area contributed by atoms with Crippen LogP contribution in [-0.4, -0.2) is 23.5 Å². The van der Waals surface area contributed by atoms with Gasteiger partial charge in [-0.1, -0.05) is 49.4 Å². The van der Waals surface area contributed by atoms with E-state index in [1.54, 1.807) is 0 Å². The zero-order valence-corrected chi connectivity index (χ0v) is 13.4. The maximum absolute atomic E-state index is 13.0. The van der Waals surface area contributed by atoms with Gasteiger partial charge in [-0.15, -0.1) is 0 Å². The van der Waals surface area contributed by atoms with Crippen LogP contribution in [0.25, 0.3) is 0 Å². The second kappa shape index (κ2) is 8.24. The van der Waals surface area contributed by atoms with E-state index in [9.17, 15) is 19.1 Å². The number of halogens is 1. The predicted molar refractivity (Wildman–Crippen MR) is 89.3 cm³/mol. The van der Waals surface area contributed by atoms with Gasteiger partial charge in [-0.25, -0.2) is 4.39 Å². The molecule has 2 atom stereocenters.